The van der Waals surface area contributed by atoms with Gasteiger partial charge in [0.05, 0.1) is 49.0 Å². The maximum atomic E-state index is 14.8. The van der Waals surface area contributed by atoms with Gasteiger partial charge in [-0.3, -0.25) is 10.1 Å². The summed E-state index contributed by atoms with van der Waals surface area (Å²) in [5.41, 5.74) is -0.352. The zero-order valence-corrected chi connectivity index (χ0v) is 23.3. The van der Waals surface area contributed by atoms with Crippen molar-refractivity contribution in [1.82, 2.24) is 14.9 Å². The average Bonchev–Trinajstić information content (AvgIpc) is 3.57. The molecule has 0 saturated carbocycles. The molecule has 0 bridgehead atoms. The SMILES string of the molecule is CC(C)(C)OC(=O)Nc1nc2cc(C(=O)N(Cc3c(F)cccc3F)Cc3c(F)cc(C#N)cc3F)[nH]c2c2c1COC2. The first-order valence-electron chi connectivity index (χ1n) is 13.1. The van der Waals surface area contributed by atoms with Crippen LogP contribution in [-0.2, 0) is 35.8 Å². The molecular formula is C30H25F4N5O4. The Labute approximate surface area is 243 Å². The van der Waals surface area contributed by atoms with Gasteiger partial charge in [-0.05, 0) is 51.1 Å². The first kappa shape index (κ1) is 29.5. The van der Waals surface area contributed by atoms with Gasteiger partial charge in [0.25, 0.3) is 5.91 Å². The molecule has 2 aromatic heterocycles. The minimum atomic E-state index is -1.10. The van der Waals surface area contributed by atoms with Crippen molar-refractivity contribution in [1.29, 1.82) is 5.26 Å². The van der Waals surface area contributed by atoms with Crippen molar-refractivity contribution < 1.29 is 36.6 Å². The molecule has 43 heavy (non-hydrogen) atoms. The Morgan fingerprint density at radius 3 is 2.23 bits per heavy atom. The predicted molar refractivity (Wildman–Crippen MR) is 145 cm³/mol. The van der Waals surface area contributed by atoms with E-state index in [1.165, 1.54) is 6.07 Å². The molecule has 0 atom stereocenters. The van der Waals surface area contributed by atoms with Crippen LogP contribution in [-0.4, -0.2) is 32.5 Å². The molecule has 0 aliphatic carbocycles. The lowest BCUT2D eigenvalue weighted by molar-refractivity contribution is 0.0634. The number of pyridine rings is 1. The summed E-state index contributed by atoms with van der Waals surface area (Å²) in [6.07, 6.45) is -0.746. The van der Waals surface area contributed by atoms with Gasteiger partial charge in [-0.1, -0.05) is 6.07 Å². The van der Waals surface area contributed by atoms with Crippen LogP contribution < -0.4 is 5.32 Å². The first-order valence-corrected chi connectivity index (χ1v) is 13.1. The molecule has 9 nitrogen and oxygen atoms in total. The summed E-state index contributed by atoms with van der Waals surface area (Å²) in [6, 6.07) is 7.75. The summed E-state index contributed by atoms with van der Waals surface area (Å²) in [7, 11) is 0. The van der Waals surface area contributed by atoms with Crippen molar-refractivity contribution in [3.05, 3.63) is 93.2 Å². The smallest absolute Gasteiger partial charge is 0.413 e. The van der Waals surface area contributed by atoms with Gasteiger partial charge in [-0.25, -0.2) is 27.3 Å². The number of hydrogen-bond donors (Lipinski definition) is 2. The topological polar surface area (TPSA) is 120 Å². The van der Waals surface area contributed by atoms with Gasteiger partial charge in [0.15, 0.2) is 0 Å². The van der Waals surface area contributed by atoms with E-state index in [1.54, 1.807) is 26.8 Å². The van der Waals surface area contributed by atoms with E-state index < -0.39 is 65.1 Å². The number of nitrogens with one attached hydrogen (secondary N) is 2. The van der Waals surface area contributed by atoms with E-state index in [4.69, 9.17) is 14.7 Å². The summed E-state index contributed by atoms with van der Waals surface area (Å²) < 4.78 is 69.8. The first-order chi connectivity index (χ1) is 20.3. The van der Waals surface area contributed by atoms with Crippen molar-refractivity contribution in [3.63, 3.8) is 0 Å². The summed E-state index contributed by atoms with van der Waals surface area (Å²) >= 11 is 0. The number of nitrogens with zero attached hydrogens (tertiary/aromatic N) is 3. The lowest BCUT2D eigenvalue weighted by Gasteiger charge is -2.23. The quantitative estimate of drug-likeness (QED) is 0.256. The zero-order chi connectivity index (χ0) is 31.1. The van der Waals surface area contributed by atoms with Crippen LogP contribution in [0.4, 0.5) is 28.2 Å². The summed E-state index contributed by atoms with van der Waals surface area (Å²) in [5.74, 6) is -4.80. The van der Waals surface area contributed by atoms with Crippen molar-refractivity contribution >= 4 is 28.9 Å². The number of ether oxygens (including phenoxy) is 2. The Morgan fingerprint density at radius 1 is 1.02 bits per heavy atom. The van der Waals surface area contributed by atoms with E-state index >= 15 is 0 Å². The monoisotopic (exact) mass is 595 g/mol. The second kappa shape index (κ2) is 11.4. The van der Waals surface area contributed by atoms with Crippen molar-refractivity contribution in [3.8, 4) is 6.07 Å². The largest absolute Gasteiger partial charge is 0.444 e. The molecule has 5 rings (SSSR count). The van der Waals surface area contributed by atoms with Gasteiger partial charge in [-0.15, -0.1) is 0 Å². The van der Waals surface area contributed by atoms with E-state index in [2.05, 4.69) is 15.3 Å². The molecule has 0 unspecified atom stereocenters. The number of carbonyl (C=O) groups is 2. The van der Waals surface area contributed by atoms with Crippen LogP contribution in [0.25, 0.3) is 11.0 Å². The zero-order valence-electron chi connectivity index (χ0n) is 23.3. The van der Waals surface area contributed by atoms with Gasteiger partial charge in [0.1, 0.15) is 40.4 Å². The molecule has 3 heterocycles. The third-order valence-electron chi connectivity index (χ3n) is 6.64. The standard InChI is InChI=1S/C30H25F4N5O4/c1-30(2,3)43-29(41)38-27-19-14-42-13-18(19)26-24(37-27)9-25(36-26)28(40)39(11-16-20(31)5-4-6-21(16)32)12-17-22(33)7-15(10-35)8-23(17)34/h4-9,36H,11-14H2,1-3H3,(H,37,38,41). The second-order valence-corrected chi connectivity index (χ2v) is 10.9. The number of fused-ring (bicyclic) bond motifs is 3. The summed E-state index contributed by atoms with van der Waals surface area (Å²) in [4.78, 5) is 34.5. The molecule has 0 saturated heterocycles. The molecule has 4 aromatic rings. The van der Waals surface area contributed by atoms with Crippen molar-refractivity contribution in [2.45, 2.75) is 52.7 Å². The number of halogens is 4. The fourth-order valence-corrected chi connectivity index (χ4v) is 4.69. The average molecular weight is 596 g/mol. The molecule has 2 N–H and O–H groups in total. The Kier molecular flexibility index (Phi) is 7.81. The van der Waals surface area contributed by atoms with Crippen LogP contribution in [0.3, 0.4) is 0 Å². The lowest BCUT2D eigenvalue weighted by Crippen LogP contribution is -2.32. The van der Waals surface area contributed by atoms with Gasteiger partial charge in [0, 0.05) is 22.3 Å². The number of rotatable bonds is 6. The third-order valence-corrected chi connectivity index (χ3v) is 6.64. The highest BCUT2D eigenvalue weighted by molar-refractivity contribution is 5.99. The number of benzene rings is 2. The Hall–Kier alpha value is -4.96. The number of carbonyl (C=O) groups excluding carboxylic acids is 2. The van der Waals surface area contributed by atoms with Crippen LogP contribution in [0.2, 0.25) is 0 Å². The molecule has 13 heteroatoms. The van der Waals surface area contributed by atoms with E-state index in [0.717, 1.165) is 35.2 Å². The molecule has 2 aromatic carbocycles. The van der Waals surface area contributed by atoms with Crippen LogP contribution >= 0.6 is 0 Å². The predicted octanol–water partition coefficient (Wildman–Crippen LogP) is 6.21. The van der Waals surface area contributed by atoms with E-state index in [9.17, 15) is 27.2 Å². The van der Waals surface area contributed by atoms with Gasteiger partial charge in [0.2, 0.25) is 0 Å². The number of anilines is 1. The van der Waals surface area contributed by atoms with Gasteiger partial charge >= 0.3 is 6.09 Å². The highest BCUT2D eigenvalue weighted by Gasteiger charge is 2.28. The van der Waals surface area contributed by atoms with Crippen LogP contribution in [0.15, 0.2) is 36.4 Å². The highest BCUT2D eigenvalue weighted by Crippen LogP contribution is 2.33. The Morgan fingerprint density at radius 2 is 1.63 bits per heavy atom. The molecule has 222 valence electrons. The third kappa shape index (κ3) is 6.14. The second-order valence-electron chi connectivity index (χ2n) is 10.9. The minimum absolute atomic E-state index is 0.0998. The lowest BCUT2D eigenvalue weighted by atomic mass is 10.1. The number of nitriles is 1. The highest BCUT2D eigenvalue weighted by atomic mass is 19.1. The van der Waals surface area contributed by atoms with E-state index in [-0.39, 0.29) is 35.8 Å². The number of hydrogen-bond acceptors (Lipinski definition) is 6. The fraction of sp³-hybridized carbons (Fsp3) is 0.267. The molecular weight excluding hydrogens is 570 g/mol. The van der Waals surface area contributed by atoms with Crippen molar-refractivity contribution in [2.75, 3.05) is 5.32 Å². The van der Waals surface area contributed by atoms with E-state index in [0.29, 0.717) is 16.6 Å². The van der Waals surface area contributed by atoms with Gasteiger partial charge < -0.3 is 19.4 Å². The number of aromatic amines is 1. The molecule has 0 radical (unpaired) electrons. The molecule has 1 aliphatic heterocycles. The Bertz CT molecular complexity index is 1770. The van der Waals surface area contributed by atoms with Crippen LogP contribution in [0.5, 0.6) is 0 Å². The number of H-pyrrole nitrogens is 1. The number of amides is 2. The van der Waals surface area contributed by atoms with E-state index in [1.807, 2.05) is 0 Å². The minimum Gasteiger partial charge on any atom is -0.444 e. The van der Waals surface area contributed by atoms with Gasteiger partial charge in [-0.2, -0.15) is 5.26 Å². The normalized spacial score (nSPS) is 12.6. The fourth-order valence-electron chi connectivity index (χ4n) is 4.69. The summed E-state index contributed by atoms with van der Waals surface area (Å²) in [6.45, 7) is 3.98. The Balaban J connectivity index is 1.54. The van der Waals surface area contributed by atoms with Crippen LogP contribution in [0, 0.1) is 34.6 Å². The van der Waals surface area contributed by atoms with Crippen molar-refractivity contribution in [2.24, 2.45) is 0 Å². The number of aromatic nitrogens is 2. The maximum Gasteiger partial charge on any atom is 0.413 e. The molecule has 0 fully saturated rings. The molecule has 0 spiro atoms. The molecule has 1 aliphatic rings. The van der Waals surface area contributed by atoms with Crippen LogP contribution in [0.1, 0.15) is 59.1 Å². The summed E-state index contributed by atoms with van der Waals surface area (Å²) in [5, 5.41) is 11.6. The molecule has 2 amide bonds. The maximum absolute atomic E-state index is 14.8.